The summed E-state index contributed by atoms with van der Waals surface area (Å²) in [5.74, 6) is 0.685. The van der Waals surface area contributed by atoms with Crippen molar-refractivity contribution in [3.63, 3.8) is 0 Å². The summed E-state index contributed by atoms with van der Waals surface area (Å²) in [7, 11) is 0. The normalized spacial score (nSPS) is 16.6. The van der Waals surface area contributed by atoms with E-state index in [1.807, 2.05) is 0 Å². The number of nitrogens with one attached hydrogen (secondary N) is 2. The molecule has 19 heavy (non-hydrogen) atoms. The molecular formula is C17H28N2. The first-order valence-electron chi connectivity index (χ1n) is 7.54. The van der Waals surface area contributed by atoms with Gasteiger partial charge in [-0.1, -0.05) is 39.8 Å². The molecule has 1 aliphatic heterocycles. The molecule has 0 bridgehead atoms. The van der Waals surface area contributed by atoms with Gasteiger partial charge in [0.25, 0.3) is 0 Å². The van der Waals surface area contributed by atoms with Gasteiger partial charge in [0, 0.05) is 18.8 Å². The Labute approximate surface area is 118 Å². The minimum Gasteiger partial charge on any atom is -0.385 e. The number of fused-ring (bicyclic) bond motifs is 1. The molecule has 0 aromatic heterocycles. The molecule has 0 saturated heterocycles. The molecule has 2 nitrogen and oxygen atoms in total. The number of hydrogen-bond donors (Lipinski definition) is 2. The zero-order valence-electron chi connectivity index (χ0n) is 12.8. The van der Waals surface area contributed by atoms with Crippen LogP contribution in [0.4, 0.5) is 5.69 Å². The summed E-state index contributed by atoms with van der Waals surface area (Å²) in [6.07, 6.45) is 2.47. The van der Waals surface area contributed by atoms with Gasteiger partial charge in [0.1, 0.15) is 0 Å². The fourth-order valence-corrected chi connectivity index (χ4v) is 2.48. The Morgan fingerprint density at radius 2 is 2.11 bits per heavy atom. The smallest absolute Gasteiger partial charge is 0.0375 e. The molecule has 1 atom stereocenters. The van der Waals surface area contributed by atoms with E-state index in [0.717, 1.165) is 19.6 Å². The Bertz CT molecular complexity index is 418. The van der Waals surface area contributed by atoms with Crippen LogP contribution in [0.1, 0.15) is 45.2 Å². The molecule has 1 aromatic rings. The van der Waals surface area contributed by atoms with Crippen LogP contribution in [-0.2, 0) is 13.0 Å². The summed E-state index contributed by atoms with van der Waals surface area (Å²) in [5, 5.41) is 7.13. The molecule has 2 heteroatoms. The maximum absolute atomic E-state index is 3.63. The second kappa shape index (κ2) is 5.96. The molecule has 2 N–H and O–H groups in total. The number of rotatable bonds is 4. The van der Waals surface area contributed by atoms with Gasteiger partial charge in [-0.2, -0.15) is 0 Å². The molecule has 0 fully saturated rings. The average molecular weight is 260 g/mol. The summed E-state index contributed by atoms with van der Waals surface area (Å²) >= 11 is 0. The van der Waals surface area contributed by atoms with E-state index in [4.69, 9.17) is 0 Å². The quantitative estimate of drug-likeness (QED) is 0.860. The van der Waals surface area contributed by atoms with Crippen molar-refractivity contribution in [2.45, 2.75) is 47.1 Å². The van der Waals surface area contributed by atoms with Gasteiger partial charge in [-0.15, -0.1) is 0 Å². The predicted molar refractivity (Wildman–Crippen MR) is 83.6 cm³/mol. The van der Waals surface area contributed by atoms with Crippen molar-refractivity contribution in [1.29, 1.82) is 0 Å². The first-order valence-corrected chi connectivity index (χ1v) is 7.54. The Morgan fingerprint density at radius 3 is 2.84 bits per heavy atom. The Balaban J connectivity index is 1.93. The lowest BCUT2D eigenvalue weighted by atomic mass is 9.82. The Hall–Kier alpha value is -1.02. The Kier molecular flexibility index (Phi) is 4.51. The van der Waals surface area contributed by atoms with E-state index in [1.165, 1.54) is 29.7 Å². The van der Waals surface area contributed by atoms with Crippen LogP contribution in [0.2, 0.25) is 0 Å². The van der Waals surface area contributed by atoms with Crippen LogP contribution in [0.25, 0.3) is 0 Å². The molecule has 1 heterocycles. The van der Waals surface area contributed by atoms with E-state index in [-0.39, 0.29) is 0 Å². The van der Waals surface area contributed by atoms with Crippen LogP contribution in [0.5, 0.6) is 0 Å². The molecule has 2 rings (SSSR count). The van der Waals surface area contributed by atoms with Gasteiger partial charge in [-0.3, -0.25) is 0 Å². The molecule has 1 aromatic carbocycles. The number of anilines is 1. The molecule has 1 aliphatic rings. The van der Waals surface area contributed by atoms with Crippen LogP contribution >= 0.6 is 0 Å². The number of benzene rings is 1. The van der Waals surface area contributed by atoms with E-state index >= 15 is 0 Å². The van der Waals surface area contributed by atoms with Crippen molar-refractivity contribution in [1.82, 2.24) is 5.32 Å². The summed E-state index contributed by atoms with van der Waals surface area (Å²) in [4.78, 5) is 0. The zero-order chi connectivity index (χ0) is 13.9. The average Bonchev–Trinajstić information content (AvgIpc) is 2.38. The van der Waals surface area contributed by atoms with E-state index < -0.39 is 0 Å². The fraction of sp³-hybridized carbons (Fsp3) is 0.647. The third kappa shape index (κ3) is 3.73. The first kappa shape index (κ1) is 14.4. The minimum absolute atomic E-state index is 0.380. The van der Waals surface area contributed by atoms with Crippen LogP contribution in [0, 0.1) is 11.3 Å². The van der Waals surface area contributed by atoms with Crippen molar-refractivity contribution < 1.29 is 0 Å². The first-order chi connectivity index (χ1) is 8.98. The van der Waals surface area contributed by atoms with Gasteiger partial charge in [0.15, 0.2) is 0 Å². The van der Waals surface area contributed by atoms with Crippen LogP contribution in [0.3, 0.4) is 0 Å². The highest BCUT2D eigenvalue weighted by molar-refractivity contribution is 5.56. The van der Waals surface area contributed by atoms with E-state index in [0.29, 0.717) is 11.3 Å². The third-order valence-corrected chi connectivity index (χ3v) is 4.44. The van der Waals surface area contributed by atoms with E-state index in [9.17, 15) is 0 Å². The standard InChI is InChI=1S/C17H28N2/c1-13(17(2,3)4)11-18-12-14-7-5-9-16-15(14)8-6-10-19-16/h5,7,9,13,18-19H,6,8,10-12H2,1-4H3. The highest BCUT2D eigenvalue weighted by Gasteiger charge is 2.19. The second-order valence-corrected chi connectivity index (χ2v) is 6.87. The molecule has 0 aliphatic carbocycles. The molecule has 0 amide bonds. The zero-order valence-corrected chi connectivity index (χ0v) is 12.8. The lowest BCUT2D eigenvalue weighted by molar-refractivity contribution is 0.252. The molecule has 1 unspecified atom stereocenters. The van der Waals surface area contributed by atoms with Crippen molar-refractivity contribution in [3.8, 4) is 0 Å². The van der Waals surface area contributed by atoms with Gasteiger partial charge >= 0.3 is 0 Å². The van der Waals surface area contributed by atoms with E-state index in [2.05, 4.69) is 56.5 Å². The summed E-state index contributed by atoms with van der Waals surface area (Å²) in [6.45, 7) is 12.5. The summed E-state index contributed by atoms with van der Waals surface area (Å²) in [5.41, 5.74) is 4.70. The maximum Gasteiger partial charge on any atom is 0.0375 e. The van der Waals surface area contributed by atoms with Gasteiger partial charge < -0.3 is 10.6 Å². The van der Waals surface area contributed by atoms with Crippen molar-refractivity contribution >= 4 is 5.69 Å². The monoisotopic (exact) mass is 260 g/mol. The van der Waals surface area contributed by atoms with Crippen molar-refractivity contribution in [2.24, 2.45) is 11.3 Å². The summed E-state index contributed by atoms with van der Waals surface area (Å²) < 4.78 is 0. The largest absolute Gasteiger partial charge is 0.385 e. The summed E-state index contributed by atoms with van der Waals surface area (Å²) in [6, 6.07) is 6.64. The number of hydrogen-bond acceptors (Lipinski definition) is 2. The fourth-order valence-electron chi connectivity index (χ4n) is 2.48. The second-order valence-electron chi connectivity index (χ2n) is 6.87. The van der Waals surface area contributed by atoms with Crippen molar-refractivity contribution in [2.75, 3.05) is 18.4 Å². The van der Waals surface area contributed by atoms with Crippen molar-refractivity contribution in [3.05, 3.63) is 29.3 Å². The SMILES string of the molecule is CC(CNCc1cccc2c1CCCN2)C(C)(C)C. The highest BCUT2D eigenvalue weighted by Crippen LogP contribution is 2.26. The molecular weight excluding hydrogens is 232 g/mol. The van der Waals surface area contributed by atoms with Gasteiger partial charge in [0.05, 0.1) is 0 Å². The maximum atomic E-state index is 3.63. The van der Waals surface area contributed by atoms with Gasteiger partial charge in [-0.05, 0) is 47.9 Å². The molecule has 0 radical (unpaired) electrons. The Morgan fingerprint density at radius 1 is 1.32 bits per heavy atom. The topological polar surface area (TPSA) is 24.1 Å². The molecule has 0 spiro atoms. The van der Waals surface area contributed by atoms with Gasteiger partial charge in [0.2, 0.25) is 0 Å². The van der Waals surface area contributed by atoms with Crippen LogP contribution < -0.4 is 10.6 Å². The highest BCUT2D eigenvalue weighted by atomic mass is 14.9. The van der Waals surface area contributed by atoms with Gasteiger partial charge in [-0.25, -0.2) is 0 Å². The van der Waals surface area contributed by atoms with Crippen LogP contribution in [0.15, 0.2) is 18.2 Å². The lowest BCUT2D eigenvalue weighted by Crippen LogP contribution is -2.29. The lowest BCUT2D eigenvalue weighted by Gasteiger charge is -2.28. The molecule has 0 saturated carbocycles. The third-order valence-electron chi connectivity index (χ3n) is 4.44. The molecule has 106 valence electrons. The predicted octanol–water partition coefficient (Wildman–Crippen LogP) is 3.82. The van der Waals surface area contributed by atoms with E-state index in [1.54, 1.807) is 0 Å². The minimum atomic E-state index is 0.380. The van der Waals surface area contributed by atoms with Crippen LogP contribution in [-0.4, -0.2) is 13.1 Å².